The normalized spacial score (nSPS) is 10.2. The highest BCUT2D eigenvalue weighted by molar-refractivity contribution is 6.31. The van der Waals surface area contributed by atoms with Gasteiger partial charge in [0.05, 0.1) is 0 Å². The van der Waals surface area contributed by atoms with Gasteiger partial charge in [0.15, 0.2) is 0 Å². The Morgan fingerprint density at radius 2 is 2.09 bits per heavy atom. The van der Waals surface area contributed by atoms with Gasteiger partial charge in [-0.1, -0.05) is 18.5 Å². The SMILES string of the molecule is CCc1nc(C)cc(Cl)c1C. The molecular formula is C9H12ClN. The Kier molecular flexibility index (Phi) is 2.50. The number of halogens is 1. The molecule has 2 heteroatoms. The fraction of sp³-hybridized carbons (Fsp3) is 0.444. The highest BCUT2D eigenvalue weighted by Crippen LogP contribution is 2.18. The molecule has 1 heterocycles. The standard InChI is InChI=1S/C9H12ClN/c1-4-9-7(3)8(10)5-6(2)11-9/h5H,4H2,1-3H3. The maximum absolute atomic E-state index is 5.96. The maximum Gasteiger partial charge on any atom is 0.0471 e. The van der Waals surface area contributed by atoms with E-state index in [2.05, 4.69) is 11.9 Å². The smallest absolute Gasteiger partial charge is 0.0471 e. The monoisotopic (exact) mass is 169 g/mol. The van der Waals surface area contributed by atoms with Crippen LogP contribution in [0.4, 0.5) is 0 Å². The highest BCUT2D eigenvalue weighted by atomic mass is 35.5. The summed E-state index contributed by atoms with van der Waals surface area (Å²) in [7, 11) is 0. The van der Waals surface area contributed by atoms with Gasteiger partial charge in [-0.05, 0) is 31.9 Å². The molecule has 0 N–H and O–H groups in total. The van der Waals surface area contributed by atoms with Gasteiger partial charge in [-0.2, -0.15) is 0 Å². The molecule has 11 heavy (non-hydrogen) atoms. The van der Waals surface area contributed by atoms with Crippen LogP contribution in [0.1, 0.15) is 23.9 Å². The van der Waals surface area contributed by atoms with Crippen LogP contribution >= 0.6 is 11.6 Å². The molecule has 1 rings (SSSR count). The minimum absolute atomic E-state index is 0.828. The Bertz CT molecular complexity index is 269. The average Bonchev–Trinajstić information content (AvgIpc) is 1.96. The van der Waals surface area contributed by atoms with Crippen LogP contribution in [-0.4, -0.2) is 4.98 Å². The number of pyridine rings is 1. The van der Waals surface area contributed by atoms with Gasteiger partial charge < -0.3 is 0 Å². The zero-order valence-electron chi connectivity index (χ0n) is 7.11. The quantitative estimate of drug-likeness (QED) is 0.630. The number of nitrogens with zero attached hydrogens (tertiary/aromatic N) is 1. The van der Waals surface area contributed by atoms with Crippen LogP contribution in [0.3, 0.4) is 0 Å². The summed E-state index contributed by atoms with van der Waals surface area (Å²) in [4.78, 5) is 4.37. The number of aryl methyl sites for hydroxylation is 2. The molecule has 0 aliphatic heterocycles. The summed E-state index contributed by atoms with van der Waals surface area (Å²) in [6.07, 6.45) is 0.952. The van der Waals surface area contributed by atoms with Crippen molar-refractivity contribution in [2.45, 2.75) is 27.2 Å². The van der Waals surface area contributed by atoms with E-state index < -0.39 is 0 Å². The van der Waals surface area contributed by atoms with Crippen molar-refractivity contribution < 1.29 is 0 Å². The van der Waals surface area contributed by atoms with Gasteiger partial charge in [-0.3, -0.25) is 4.98 Å². The van der Waals surface area contributed by atoms with Crippen LogP contribution < -0.4 is 0 Å². The van der Waals surface area contributed by atoms with Crippen LogP contribution in [0.25, 0.3) is 0 Å². The largest absolute Gasteiger partial charge is 0.258 e. The number of hydrogen-bond donors (Lipinski definition) is 0. The molecule has 0 amide bonds. The molecule has 0 radical (unpaired) electrons. The molecule has 1 aromatic heterocycles. The maximum atomic E-state index is 5.96. The summed E-state index contributed by atoms with van der Waals surface area (Å²) >= 11 is 5.96. The van der Waals surface area contributed by atoms with Crippen molar-refractivity contribution in [2.24, 2.45) is 0 Å². The van der Waals surface area contributed by atoms with E-state index in [-0.39, 0.29) is 0 Å². The van der Waals surface area contributed by atoms with Gasteiger partial charge >= 0.3 is 0 Å². The predicted molar refractivity (Wildman–Crippen MR) is 48.1 cm³/mol. The van der Waals surface area contributed by atoms with E-state index in [9.17, 15) is 0 Å². The van der Waals surface area contributed by atoms with Crippen LogP contribution in [-0.2, 0) is 6.42 Å². The van der Waals surface area contributed by atoms with Gasteiger partial charge in [0.25, 0.3) is 0 Å². The number of hydrogen-bond acceptors (Lipinski definition) is 1. The Morgan fingerprint density at radius 3 is 2.64 bits per heavy atom. The molecule has 60 valence electrons. The van der Waals surface area contributed by atoms with E-state index in [0.29, 0.717) is 0 Å². The van der Waals surface area contributed by atoms with Crippen molar-refractivity contribution in [1.29, 1.82) is 0 Å². The van der Waals surface area contributed by atoms with E-state index in [1.165, 1.54) is 0 Å². The van der Waals surface area contributed by atoms with Crippen molar-refractivity contribution in [2.75, 3.05) is 0 Å². The van der Waals surface area contributed by atoms with E-state index in [1.807, 2.05) is 19.9 Å². The van der Waals surface area contributed by atoms with Crippen LogP contribution in [0.2, 0.25) is 5.02 Å². The van der Waals surface area contributed by atoms with Gasteiger partial charge in [0.1, 0.15) is 0 Å². The Labute approximate surface area is 72.4 Å². The van der Waals surface area contributed by atoms with Crippen molar-refractivity contribution >= 4 is 11.6 Å². The molecule has 0 aliphatic rings. The molecule has 0 bridgehead atoms. The van der Waals surface area contributed by atoms with Gasteiger partial charge in [0, 0.05) is 16.4 Å². The molecule has 0 fully saturated rings. The summed E-state index contributed by atoms with van der Waals surface area (Å²) in [6, 6.07) is 1.90. The van der Waals surface area contributed by atoms with Crippen LogP contribution in [0, 0.1) is 13.8 Å². The van der Waals surface area contributed by atoms with Crippen molar-refractivity contribution in [3.8, 4) is 0 Å². The van der Waals surface area contributed by atoms with E-state index >= 15 is 0 Å². The molecule has 1 nitrogen and oxygen atoms in total. The summed E-state index contributed by atoms with van der Waals surface area (Å²) in [5.74, 6) is 0. The molecule has 0 saturated heterocycles. The summed E-state index contributed by atoms with van der Waals surface area (Å²) in [5, 5.41) is 0.828. The van der Waals surface area contributed by atoms with Crippen LogP contribution in [0.15, 0.2) is 6.07 Å². The second-order valence-corrected chi connectivity index (χ2v) is 3.08. The lowest BCUT2D eigenvalue weighted by molar-refractivity contribution is 0.982. The lowest BCUT2D eigenvalue weighted by atomic mass is 10.1. The zero-order valence-corrected chi connectivity index (χ0v) is 7.87. The highest BCUT2D eigenvalue weighted by Gasteiger charge is 2.02. The lowest BCUT2D eigenvalue weighted by Crippen LogP contribution is -1.94. The molecule has 0 aromatic carbocycles. The summed E-state index contributed by atoms with van der Waals surface area (Å²) in [5.41, 5.74) is 3.22. The van der Waals surface area contributed by atoms with E-state index in [1.54, 1.807) is 0 Å². The first-order valence-electron chi connectivity index (χ1n) is 3.77. The minimum atomic E-state index is 0.828. The predicted octanol–water partition coefficient (Wildman–Crippen LogP) is 2.91. The Morgan fingerprint density at radius 1 is 1.45 bits per heavy atom. The Balaban J connectivity index is 3.24. The molecule has 0 saturated carbocycles. The fourth-order valence-electron chi connectivity index (χ4n) is 1.10. The average molecular weight is 170 g/mol. The van der Waals surface area contributed by atoms with E-state index in [0.717, 1.165) is 28.4 Å². The molecule has 0 aliphatic carbocycles. The topological polar surface area (TPSA) is 12.9 Å². The van der Waals surface area contributed by atoms with Crippen LogP contribution in [0.5, 0.6) is 0 Å². The zero-order chi connectivity index (χ0) is 8.43. The molecule has 0 unspecified atom stereocenters. The third-order valence-electron chi connectivity index (χ3n) is 1.77. The summed E-state index contributed by atoms with van der Waals surface area (Å²) in [6.45, 7) is 6.06. The summed E-state index contributed by atoms with van der Waals surface area (Å²) < 4.78 is 0. The van der Waals surface area contributed by atoms with Crippen molar-refractivity contribution in [3.63, 3.8) is 0 Å². The molecule has 0 atom stereocenters. The van der Waals surface area contributed by atoms with Gasteiger partial charge in [-0.15, -0.1) is 0 Å². The first-order valence-corrected chi connectivity index (χ1v) is 4.15. The molecule has 0 spiro atoms. The number of rotatable bonds is 1. The fourth-order valence-corrected chi connectivity index (χ4v) is 1.37. The third-order valence-corrected chi connectivity index (χ3v) is 2.17. The van der Waals surface area contributed by atoms with Gasteiger partial charge in [0.2, 0.25) is 0 Å². The van der Waals surface area contributed by atoms with E-state index in [4.69, 9.17) is 11.6 Å². The van der Waals surface area contributed by atoms with Crippen molar-refractivity contribution in [1.82, 2.24) is 4.98 Å². The number of aromatic nitrogens is 1. The lowest BCUT2D eigenvalue weighted by Gasteiger charge is -2.04. The second-order valence-electron chi connectivity index (χ2n) is 2.67. The molecule has 1 aromatic rings. The van der Waals surface area contributed by atoms with Gasteiger partial charge in [-0.25, -0.2) is 0 Å². The second kappa shape index (κ2) is 3.22. The minimum Gasteiger partial charge on any atom is -0.258 e. The first kappa shape index (κ1) is 8.54. The third kappa shape index (κ3) is 1.72. The molecular weight excluding hydrogens is 158 g/mol. The Hall–Kier alpha value is -0.560. The van der Waals surface area contributed by atoms with Crippen molar-refractivity contribution in [3.05, 3.63) is 28.0 Å². The first-order chi connectivity index (χ1) is 5.15.